The maximum atomic E-state index is 5.76. The van der Waals surface area contributed by atoms with Gasteiger partial charge in [-0.1, -0.05) is 30.3 Å². The molecule has 0 fully saturated rings. The molecule has 17 heavy (non-hydrogen) atoms. The molecule has 88 valence electrons. The summed E-state index contributed by atoms with van der Waals surface area (Å²) in [6, 6.07) is 10.1. The Morgan fingerprint density at radius 3 is 2.41 bits per heavy atom. The van der Waals surface area contributed by atoms with Crippen molar-refractivity contribution in [1.29, 1.82) is 0 Å². The Morgan fingerprint density at radius 1 is 1.18 bits per heavy atom. The van der Waals surface area contributed by atoms with Crippen molar-refractivity contribution in [3.63, 3.8) is 0 Å². The quantitative estimate of drug-likeness (QED) is 0.839. The molecule has 0 saturated heterocycles. The van der Waals surface area contributed by atoms with E-state index < -0.39 is 0 Å². The van der Waals surface area contributed by atoms with E-state index in [1.54, 1.807) is 12.4 Å². The average molecular weight is 228 g/mol. The van der Waals surface area contributed by atoms with Crippen molar-refractivity contribution in [1.82, 2.24) is 9.97 Å². The second kappa shape index (κ2) is 5.41. The van der Waals surface area contributed by atoms with Gasteiger partial charge in [-0.25, -0.2) is 9.97 Å². The number of hydrogen-bond donors (Lipinski definition) is 2. The summed E-state index contributed by atoms with van der Waals surface area (Å²) in [4.78, 5) is 8.43. The molecule has 1 heterocycles. The van der Waals surface area contributed by atoms with E-state index in [9.17, 15) is 0 Å². The SMILES string of the molecule is Cc1cnc(NC(CN)c2ccccc2)nc1. The van der Waals surface area contributed by atoms with Gasteiger partial charge in [0, 0.05) is 18.9 Å². The third-order valence-electron chi connectivity index (χ3n) is 2.52. The first-order chi connectivity index (χ1) is 8.29. The van der Waals surface area contributed by atoms with Crippen LogP contribution in [0.4, 0.5) is 5.95 Å². The van der Waals surface area contributed by atoms with E-state index in [1.807, 2.05) is 37.3 Å². The second-order valence-corrected chi connectivity index (χ2v) is 3.93. The summed E-state index contributed by atoms with van der Waals surface area (Å²) in [7, 11) is 0. The molecule has 2 rings (SSSR count). The van der Waals surface area contributed by atoms with Gasteiger partial charge in [0.15, 0.2) is 0 Å². The van der Waals surface area contributed by atoms with Gasteiger partial charge in [0.2, 0.25) is 5.95 Å². The van der Waals surface area contributed by atoms with Gasteiger partial charge < -0.3 is 11.1 Å². The molecule has 0 spiro atoms. The van der Waals surface area contributed by atoms with Gasteiger partial charge in [-0.05, 0) is 18.1 Å². The minimum absolute atomic E-state index is 0.0407. The fourth-order valence-electron chi connectivity index (χ4n) is 1.59. The van der Waals surface area contributed by atoms with E-state index in [4.69, 9.17) is 5.73 Å². The number of nitrogens with two attached hydrogens (primary N) is 1. The zero-order valence-corrected chi connectivity index (χ0v) is 9.80. The van der Waals surface area contributed by atoms with Gasteiger partial charge in [-0.2, -0.15) is 0 Å². The molecule has 1 aromatic heterocycles. The maximum Gasteiger partial charge on any atom is 0.223 e. The molecule has 0 aliphatic heterocycles. The molecule has 1 unspecified atom stereocenters. The summed E-state index contributed by atoms with van der Waals surface area (Å²) in [6.07, 6.45) is 3.57. The van der Waals surface area contributed by atoms with Gasteiger partial charge in [0.05, 0.1) is 6.04 Å². The Morgan fingerprint density at radius 2 is 1.82 bits per heavy atom. The lowest BCUT2D eigenvalue weighted by molar-refractivity contribution is 0.776. The summed E-state index contributed by atoms with van der Waals surface area (Å²) in [5.74, 6) is 0.606. The second-order valence-electron chi connectivity index (χ2n) is 3.93. The summed E-state index contributed by atoms with van der Waals surface area (Å²) in [5.41, 5.74) is 7.94. The predicted molar refractivity (Wildman–Crippen MR) is 68.6 cm³/mol. The van der Waals surface area contributed by atoms with E-state index in [-0.39, 0.29) is 6.04 Å². The minimum Gasteiger partial charge on any atom is -0.346 e. The summed E-state index contributed by atoms with van der Waals surface area (Å²) < 4.78 is 0. The summed E-state index contributed by atoms with van der Waals surface area (Å²) >= 11 is 0. The number of nitrogens with one attached hydrogen (secondary N) is 1. The van der Waals surface area contributed by atoms with Crippen molar-refractivity contribution < 1.29 is 0 Å². The Labute approximate surface area is 101 Å². The van der Waals surface area contributed by atoms with Crippen LogP contribution in [0.15, 0.2) is 42.7 Å². The first-order valence-electron chi connectivity index (χ1n) is 5.60. The molecule has 0 aliphatic carbocycles. The van der Waals surface area contributed by atoms with Crippen molar-refractivity contribution >= 4 is 5.95 Å². The molecule has 1 aromatic carbocycles. The molecule has 0 radical (unpaired) electrons. The van der Waals surface area contributed by atoms with E-state index in [0.29, 0.717) is 12.5 Å². The molecule has 0 saturated carbocycles. The van der Waals surface area contributed by atoms with Crippen molar-refractivity contribution in [2.24, 2.45) is 5.73 Å². The highest BCUT2D eigenvalue weighted by Crippen LogP contribution is 2.15. The predicted octanol–water partition coefficient (Wildman–Crippen LogP) is 1.90. The van der Waals surface area contributed by atoms with E-state index >= 15 is 0 Å². The molecule has 3 N–H and O–H groups in total. The number of aryl methyl sites for hydroxylation is 1. The van der Waals surface area contributed by atoms with Gasteiger partial charge in [-0.15, -0.1) is 0 Å². The number of rotatable bonds is 4. The largest absolute Gasteiger partial charge is 0.346 e. The first kappa shape index (κ1) is 11.5. The highest BCUT2D eigenvalue weighted by molar-refractivity contribution is 5.32. The number of benzene rings is 1. The Bertz CT molecular complexity index is 453. The van der Waals surface area contributed by atoms with Crippen LogP contribution in [0, 0.1) is 6.92 Å². The lowest BCUT2D eigenvalue weighted by atomic mass is 10.1. The number of aromatic nitrogens is 2. The lowest BCUT2D eigenvalue weighted by Crippen LogP contribution is -2.21. The molecule has 0 aliphatic rings. The van der Waals surface area contributed by atoms with E-state index in [1.165, 1.54) is 0 Å². The third-order valence-corrected chi connectivity index (χ3v) is 2.52. The van der Waals surface area contributed by atoms with Gasteiger partial charge >= 0.3 is 0 Å². The smallest absolute Gasteiger partial charge is 0.223 e. The highest BCUT2D eigenvalue weighted by atomic mass is 15.1. The van der Waals surface area contributed by atoms with Crippen molar-refractivity contribution in [3.05, 3.63) is 53.9 Å². The Kier molecular flexibility index (Phi) is 3.67. The van der Waals surface area contributed by atoms with Crippen molar-refractivity contribution in [3.8, 4) is 0 Å². The van der Waals surface area contributed by atoms with Crippen LogP contribution >= 0.6 is 0 Å². The molecular formula is C13H16N4. The van der Waals surface area contributed by atoms with Gasteiger partial charge in [0.1, 0.15) is 0 Å². The standard InChI is InChI=1S/C13H16N4/c1-10-8-15-13(16-9-10)17-12(7-14)11-5-3-2-4-6-11/h2-6,8-9,12H,7,14H2,1H3,(H,15,16,17). The molecule has 4 nitrogen and oxygen atoms in total. The van der Waals surface area contributed by atoms with Crippen LogP contribution in [0.2, 0.25) is 0 Å². The van der Waals surface area contributed by atoms with Crippen LogP contribution in [-0.2, 0) is 0 Å². The number of hydrogen-bond acceptors (Lipinski definition) is 4. The number of nitrogens with zero attached hydrogens (tertiary/aromatic N) is 2. The monoisotopic (exact) mass is 228 g/mol. The summed E-state index contributed by atoms with van der Waals surface area (Å²) in [5, 5.41) is 3.22. The van der Waals surface area contributed by atoms with Crippen LogP contribution in [0.3, 0.4) is 0 Å². The molecule has 4 heteroatoms. The Hall–Kier alpha value is -1.94. The minimum atomic E-state index is 0.0407. The zero-order valence-electron chi connectivity index (χ0n) is 9.80. The fourth-order valence-corrected chi connectivity index (χ4v) is 1.59. The normalized spacial score (nSPS) is 12.1. The van der Waals surface area contributed by atoms with Gasteiger partial charge in [-0.3, -0.25) is 0 Å². The molecule has 0 bridgehead atoms. The van der Waals surface area contributed by atoms with Crippen LogP contribution in [0.1, 0.15) is 17.2 Å². The van der Waals surface area contributed by atoms with E-state index in [2.05, 4.69) is 15.3 Å². The van der Waals surface area contributed by atoms with Crippen molar-refractivity contribution in [2.75, 3.05) is 11.9 Å². The van der Waals surface area contributed by atoms with Crippen LogP contribution in [-0.4, -0.2) is 16.5 Å². The molecular weight excluding hydrogens is 212 g/mol. The number of anilines is 1. The van der Waals surface area contributed by atoms with Crippen LogP contribution in [0.5, 0.6) is 0 Å². The summed E-state index contributed by atoms with van der Waals surface area (Å²) in [6.45, 7) is 2.46. The lowest BCUT2D eigenvalue weighted by Gasteiger charge is -2.16. The molecule has 1 atom stereocenters. The Balaban J connectivity index is 2.13. The topological polar surface area (TPSA) is 63.8 Å². The molecule has 2 aromatic rings. The van der Waals surface area contributed by atoms with E-state index in [0.717, 1.165) is 11.1 Å². The van der Waals surface area contributed by atoms with Crippen molar-refractivity contribution in [2.45, 2.75) is 13.0 Å². The fraction of sp³-hybridized carbons (Fsp3) is 0.231. The zero-order chi connectivity index (χ0) is 12.1. The third kappa shape index (κ3) is 3.01. The molecule has 0 amide bonds. The maximum absolute atomic E-state index is 5.76. The average Bonchev–Trinajstić information content (AvgIpc) is 2.39. The first-order valence-corrected chi connectivity index (χ1v) is 5.60. The van der Waals surface area contributed by atoms with Crippen LogP contribution in [0.25, 0.3) is 0 Å². The highest BCUT2D eigenvalue weighted by Gasteiger charge is 2.09. The van der Waals surface area contributed by atoms with Gasteiger partial charge in [0.25, 0.3) is 0 Å². The van der Waals surface area contributed by atoms with Crippen LogP contribution < -0.4 is 11.1 Å².